The number of piperazine rings is 1. The average Bonchev–Trinajstić information content (AvgIpc) is 3.30. The monoisotopic (exact) mass is 314 g/mol. The zero-order valence-electron chi connectivity index (χ0n) is 12.5. The molecule has 1 saturated carbocycles. The highest BCUT2D eigenvalue weighted by Crippen LogP contribution is 2.40. The zero-order chi connectivity index (χ0) is 13.9. The van der Waals surface area contributed by atoms with Gasteiger partial charge in [-0.2, -0.15) is 0 Å². The van der Waals surface area contributed by atoms with E-state index in [1.165, 1.54) is 20.0 Å². The second-order valence-electron chi connectivity index (χ2n) is 5.87. The normalized spacial score (nSPS) is 20.7. The maximum atomic E-state index is 14.0. The van der Waals surface area contributed by atoms with E-state index in [1.807, 2.05) is 6.07 Å². The van der Waals surface area contributed by atoms with Gasteiger partial charge in [-0.3, -0.25) is 4.90 Å². The molecule has 1 aliphatic heterocycles. The third-order valence-electron chi connectivity index (χ3n) is 4.41. The fourth-order valence-electron chi connectivity index (χ4n) is 3.05. The summed E-state index contributed by atoms with van der Waals surface area (Å²) in [6.45, 7) is 4.15. The van der Waals surface area contributed by atoms with Crippen LogP contribution < -0.4 is 10.1 Å². The number of hydrogen-bond donors (Lipinski definition) is 1. The maximum Gasteiger partial charge on any atom is 0.165 e. The molecule has 2 aliphatic rings. The van der Waals surface area contributed by atoms with Crippen LogP contribution in [0.15, 0.2) is 18.2 Å². The lowest BCUT2D eigenvalue weighted by Gasteiger charge is -2.35. The molecule has 0 spiro atoms. The van der Waals surface area contributed by atoms with Gasteiger partial charge in [-0.25, -0.2) is 4.39 Å². The second-order valence-corrected chi connectivity index (χ2v) is 5.87. The SMILES string of the molecule is COc1ccc([C@H](CC2CC2)N2CCNCC2)cc1F.Cl. The van der Waals surface area contributed by atoms with Gasteiger partial charge >= 0.3 is 0 Å². The molecule has 5 heteroatoms. The number of benzene rings is 1. The van der Waals surface area contributed by atoms with E-state index in [0.717, 1.165) is 44.1 Å². The summed E-state index contributed by atoms with van der Waals surface area (Å²) < 4.78 is 19.0. The van der Waals surface area contributed by atoms with Crippen LogP contribution in [0.3, 0.4) is 0 Å². The van der Waals surface area contributed by atoms with Crippen molar-refractivity contribution < 1.29 is 9.13 Å². The van der Waals surface area contributed by atoms with Crippen molar-refractivity contribution in [2.75, 3.05) is 33.3 Å². The quantitative estimate of drug-likeness (QED) is 0.904. The molecule has 1 aromatic rings. The molecule has 1 atom stereocenters. The Labute approximate surface area is 132 Å². The molecule has 0 bridgehead atoms. The van der Waals surface area contributed by atoms with E-state index in [-0.39, 0.29) is 18.2 Å². The third-order valence-corrected chi connectivity index (χ3v) is 4.41. The van der Waals surface area contributed by atoms with Crippen LogP contribution >= 0.6 is 12.4 Å². The number of methoxy groups -OCH3 is 1. The minimum atomic E-state index is -0.249. The van der Waals surface area contributed by atoms with Gasteiger partial charge in [0.2, 0.25) is 0 Å². The Balaban J connectivity index is 0.00000161. The highest BCUT2D eigenvalue weighted by atomic mass is 35.5. The standard InChI is InChI=1S/C16H23FN2O.ClH/c1-20-16-5-4-13(11-14(16)17)15(10-12-2-3-12)19-8-6-18-7-9-19;/h4-5,11-12,15,18H,2-3,6-10H2,1H3;1H/t15-;/m0./s1. The summed E-state index contributed by atoms with van der Waals surface area (Å²) >= 11 is 0. The molecule has 1 N–H and O–H groups in total. The van der Waals surface area contributed by atoms with Gasteiger partial charge in [0, 0.05) is 32.2 Å². The van der Waals surface area contributed by atoms with Gasteiger partial charge in [-0.1, -0.05) is 18.9 Å². The number of hydrogen-bond acceptors (Lipinski definition) is 3. The first-order chi connectivity index (χ1) is 9.78. The van der Waals surface area contributed by atoms with Crippen molar-refractivity contribution in [1.82, 2.24) is 10.2 Å². The predicted molar refractivity (Wildman–Crippen MR) is 84.7 cm³/mol. The molecule has 3 rings (SSSR count). The molecule has 1 aliphatic carbocycles. The molecule has 0 amide bonds. The van der Waals surface area contributed by atoms with Crippen LogP contribution in [0.2, 0.25) is 0 Å². The van der Waals surface area contributed by atoms with Gasteiger partial charge in [-0.05, 0) is 30.0 Å². The molecule has 21 heavy (non-hydrogen) atoms. The third kappa shape index (κ3) is 4.09. The summed E-state index contributed by atoms with van der Waals surface area (Å²) in [5.41, 5.74) is 1.09. The minimum Gasteiger partial charge on any atom is -0.494 e. The van der Waals surface area contributed by atoms with Crippen LogP contribution in [0, 0.1) is 11.7 Å². The molecule has 0 aromatic heterocycles. The van der Waals surface area contributed by atoms with Crippen LogP contribution in [0.25, 0.3) is 0 Å². The van der Waals surface area contributed by atoms with Crippen molar-refractivity contribution in [3.8, 4) is 5.75 Å². The first kappa shape index (κ1) is 16.5. The van der Waals surface area contributed by atoms with Gasteiger partial charge in [0.25, 0.3) is 0 Å². The molecular formula is C16H24ClFN2O. The Bertz CT molecular complexity index is 462. The maximum absolute atomic E-state index is 14.0. The lowest BCUT2D eigenvalue weighted by atomic mass is 9.98. The number of nitrogens with zero attached hydrogens (tertiary/aromatic N) is 1. The summed E-state index contributed by atoms with van der Waals surface area (Å²) in [7, 11) is 1.51. The van der Waals surface area contributed by atoms with Crippen molar-refractivity contribution in [3.05, 3.63) is 29.6 Å². The van der Waals surface area contributed by atoms with Crippen molar-refractivity contribution in [2.45, 2.75) is 25.3 Å². The van der Waals surface area contributed by atoms with Gasteiger partial charge < -0.3 is 10.1 Å². The molecule has 118 valence electrons. The number of nitrogens with one attached hydrogen (secondary N) is 1. The van der Waals surface area contributed by atoms with Gasteiger partial charge in [-0.15, -0.1) is 12.4 Å². The fourth-order valence-corrected chi connectivity index (χ4v) is 3.05. The van der Waals surface area contributed by atoms with Crippen LogP contribution in [0.4, 0.5) is 4.39 Å². The van der Waals surface area contributed by atoms with Gasteiger partial charge in [0.1, 0.15) is 0 Å². The highest BCUT2D eigenvalue weighted by molar-refractivity contribution is 5.85. The Morgan fingerprint density at radius 1 is 1.33 bits per heavy atom. The van der Waals surface area contributed by atoms with E-state index in [0.29, 0.717) is 11.8 Å². The number of ether oxygens (including phenoxy) is 1. The van der Waals surface area contributed by atoms with E-state index in [9.17, 15) is 4.39 Å². The van der Waals surface area contributed by atoms with E-state index in [4.69, 9.17) is 4.74 Å². The molecule has 0 radical (unpaired) electrons. The van der Waals surface area contributed by atoms with Crippen molar-refractivity contribution >= 4 is 12.4 Å². The number of rotatable bonds is 5. The highest BCUT2D eigenvalue weighted by Gasteiger charge is 2.30. The Morgan fingerprint density at radius 3 is 2.62 bits per heavy atom. The summed E-state index contributed by atoms with van der Waals surface area (Å²) in [5.74, 6) is 0.917. The average molecular weight is 315 g/mol. The Hall–Kier alpha value is -0.840. The van der Waals surface area contributed by atoms with Gasteiger partial charge in [0.15, 0.2) is 11.6 Å². The largest absolute Gasteiger partial charge is 0.494 e. The minimum absolute atomic E-state index is 0. The summed E-state index contributed by atoms with van der Waals surface area (Å²) in [6.07, 6.45) is 3.83. The molecule has 3 nitrogen and oxygen atoms in total. The number of halogens is 2. The lowest BCUT2D eigenvalue weighted by Crippen LogP contribution is -2.45. The first-order valence-electron chi connectivity index (χ1n) is 7.56. The molecule has 2 fully saturated rings. The van der Waals surface area contributed by atoms with Gasteiger partial charge in [0.05, 0.1) is 7.11 Å². The van der Waals surface area contributed by atoms with E-state index >= 15 is 0 Å². The topological polar surface area (TPSA) is 24.5 Å². The molecule has 1 aromatic carbocycles. The summed E-state index contributed by atoms with van der Waals surface area (Å²) in [4.78, 5) is 2.50. The fraction of sp³-hybridized carbons (Fsp3) is 0.625. The van der Waals surface area contributed by atoms with Crippen LogP contribution in [-0.2, 0) is 0 Å². The van der Waals surface area contributed by atoms with Crippen LogP contribution in [-0.4, -0.2) is 38.2 Å². The smallest absolute Gasteiger partial charge is 0.165 e. The van der Waals surface area contributed by atoms with E-state index < -0.39 is 0 Å². The first-order valence-corrected chi connectivity index (χ1v) is 7.56. The second kappa shape index (κ2) is 7.43. The Kier molecular flexibility index (Phi) is 5.85. The molecule has 0 unspecified atom stereocenters. The Morgan fingerprint density at radius 2 is 2.05 bits per heavy atom. The van der Waals surface area contributed by atoms with E-state index in [2.05, 4.69) is 10.2 Å². The van der Waals surface area contributed by atoms with Crippen molar-refractivity contribution in [3.63, 3.8) is 0 Å². The molecule has 1 heterocycles. The summed E-state index contributed by atoms with van der Waals surface area (Å²) in [5, 5.41) is 3.38. The predicted octanol–water partition coefficient (Wildman–Crippen LogP) is 3.00. The van der Waals surface area contributed by atoms with Crippen LogP contribution in [0.1, 0.15) is 30.9 Å². The zero-order valence-corrected chi connectivity index (χ0v) is 13.3. The molecular weight excluding hydrogens is 291 g/mol. The van der Waals surface area contributed by atoms with Crippen molar-refractivity contribution in [1.29, 1.82) is 0 Å². The van der Waals surface area contributed by atoms with Crippen molar-refractivity contribution in [2.24, 2.45) is 5.92 Å². The van der Waals surface area contributed by atoms with E-state index in [1.54, 1.807) is 12.1 Å². The lowest BCUT2D eigenvalue weighted by molar-refractivity contribution is 0.160. The van der Waals surface area contributed by atoms with Crippen LogP contribution in [0.5, 0.6) is 5.75 Å². The molecule has 1 saturated heterocycles. The summed E-state index contributed by atoms with van der Waals surface area (Å²) in [6, 6.07) is 5.79.